The van der Waals surface area contributed by atoms with Gasteiger partial charge >= 0.3 is 11.9 Å². The van der Waals surface area contributed by atoms with Crippen LogP contribution in [-0.2, 0) is 19.1 Å². The zero-order chi connectivity index (χ0) is 20.1. The van der Waals surface area contributed by atoms with E-state index in [4.69, 9.17) is 9.47 Å². The summed E-state index contributed by atoms with van der Waals surface area (Å²) in [6.07, 6.45) is 1.61. The van der Waals surface area contributed by atoms with E-state index in [9.17, 15) is 14.0 Å². The maximum atomic E-state index is 13.3. The summed E-state index contributed by atoms with van der Waals surface area (Å²) >= 11 is 0. The third-order valence-corrected chi connectivity index (χ3v) is 4.06. The molecule has 1 aliphatic heterocycles. The minimum absolute atomic E-state index is 0.0811. The van der Waals surface area contributed by atoms with E-state index >= 15 is 0 Å². The average molecular weight is 382 g/mol. The Morgan fingerprint density at radius 1 is 1.25 bits per heavy atom. The molecule has 144 valence electrons. The van der Waals surface area contributed by atoms with Crippen molar-refractivity contribution in [1.29, 1.82) is 0 Å². The van der Waals surface area contributed by atoms with Crippen LogP contribution in [0.2, 0.25) is 0 Å². The first kappa shape index (κ1) is 19.3. The van der Waals surface area contributed by atoms with E-state index in [1.807, 2.05) is 36.2 Å². The molecular weight excluding hydrogens is 363 g/mol. The predicted molar refractivity (Wildman–Crippen MR) is 103 cm³/mol. The second kappa shape index (κ2) is 8.47. The fraction of sp³-hybridized carbons (Fsp3) is 0.190. The first-order valence-electron chi connectivity index (χ1n) is 8.65. The zero-order valence-corrected chi connectivity index (χ0v) is 15.5. The predicted octanol–water partition coefficient (Wildman–Crippen LogP) is 3.17. The van der Waals surface area contributed by atoms with Crippen molar-refractivity contribution in [1.82, 2.24) is 0 Å². The van der Waals surface area contributed by atoms with Gasteiger partial charge < -0.3 is 14.4 Å². The number of esters is 2. The van der Waals surface area contributed by atoms with Crippen molar-refractivity contribution in [2.45, 2.75) is 6.92 Å². The van der Waals surface area contributed by atoms with Gasteiger partial charge in [-0.2, -0.15) is 0 Å². The summed E-state index contributed by atoms with van der Waals surface area (Å²) < 4.78 is 23.4. The fourth-order valence-corrected chi connectivity index (χ4v) is 2.59. The van der Waals surface area contributed by atoms with Crippen LogP contribution in [0, 0.1) is 5.82 Å². The van der Waals surface area contributed by atoms with Gasteiger partial charge in [0.05, 0.1) is 6.54 Å². The molecule has 0 atom stereocenters. The van der Waals surface area contributed by atoms with Crippen LogP contribution in [0.15, 0.2) is 59.2 Å². The molecule has 0 radical (unpaired) electrons. The van der Waals surface area contributed by atoms with Crippen molar-refractivity contribution < 1.29 is 23.5 Å². The summed E-state index contributed by atoms with van der Waals surface area (Å²) in [7, 11) is 1.89. The first-order chi connectivity index (χ1) is 13.4. The molecule has 2 aromatic rings. The molecule has 7 heteroatoms. The Morgan fingerprint density at radius 2 is 2.00 bits per heavy atom. The highest BCUT2D eigenvalue weighted by atomic mass is 19.1. The van der Waals surface area contributed by atoms with Gasteiger partial charge in [0.15, 0.2) is 5.70 Å². The van der Waals surface area contributed by atoms with Crippen LogP contribution in [0.1, 0.15) is 18.1 Å². The molecule has 0 bridgehead atoms. The molecule has 6 nitrogen and oxygen atoms in total. The maximum Gasteiger partial charge on any atom is 0.363 e. The van der Waals surface area contributed by atoms with E-state index < -0.39 is 11.8 Å². The lowest BCUT2D eigenvalue weighted by atomic mass is 10.1. The molecule has 0 unspecified atom stereocenters. The summed E-state index contributed by atoms with van der Waals surface area (Å²) in [6, 6.07) is 13.2. The molecule has 3 rings (SSSR count). The Hall–Kier alpha value is -3.48. The number of cyclic esters (lactones) is 1. The SMILES string of the molecule is CC(=O)OCCN(C)c1ccc(/C=C2\N=C(c3cccc(F)c3)OC2=O)cc1. The van der Waals surface area contributed by atoms with E-state index in [2.05, 4.69) is 4.99 Å². The van der Waals surface area contributed by atoms with Crippen LogP contribution in [0.3, 0.4) is 0 Å². The van der Waals surface area contributed by atoms with Gasteiger partial charge in [0, 0.05) is 25.2 Å². The maximum absolute atomic E-state index is 13.3. The van der Waals surface area contributed by atoms with Gasteiger partial charge in [0.1, 0.15) is 12.4 Å². The quantitative estimate of drug-likeness (QED) is 0.567. The molecule has 28 heavy (non-hydrogen) atoms. The lowest BCUT2D eigenvalue weighted by Crippen LogP contribution is -2.23. The molecule has 1 aliphatic rings. The molecule has 0 saturated heterocycles. The van der Waals surface area contributed by atoms with Gasteiger partial charge in [-0.3, -0.25) is 4.79 Å². The van der Waals surface area contributed by atoms with E-state index in [0.29, 0.717) is 18.7 Å². The van der Waals surface area contributed by atoms with Crippen molar-refractivity contribution in [2.24, 2.45) is 4.99 Å². The number of hydrogen-bond acceptors (Lipinski definition) is 6. The van der Waals surface area contributed by atoms with Gasteiger partial charge in [0.2, 0.25) is 5.90 Å². The monoisotopic (exact) mass is 382 g/mol. The summed E-state index contributed by atoms with van der Waals surface area (Å²) in [4.78, 5) is 29.0. The number of rotatable bonds is 6. The fourth-order valence-electron chi connectivity index (χ4n) is 2.59. The molecule has 0 fully saturated rings. The Balaban J connectivity index is 1.71. The normalized spacial score (nSPS) is 14.6. The van der Waals surface area contributed by atoms with Gasteiger partial charge in [-0.25, -0.2) is 14.2 Å². The van der Waals surface area contributed by atoms with Crippen LogP contribution in [0.4, 0.5) is 10.1 Å². The zero-order valence-electron chi connectivity index (χ0n) is 15.5. The van der Waals surface area contributed by atoms with Crippen molar-refractivity contribution >= 4 is 29.6 Å². The van der Waals surface area contributed by atoms with Crippen molar-refractivity contribution in [3.63, 3.8) is 0 Å². The molecule has 0 amide bonds. The third-order valence-electron chi connectivity index (χ3n) is 4.06. The van der Waals surface area contributed by atoms with Gasteiger partial charge in [-0.05, 0) is 42.0 Å². The van der Waals surface area contributed by atoms with Gasteiger partial charge in [-0.15, -0.1) is 0 Å². The lowest BCUT2D eigenvalue weighted by Gasteiger charge is -2.19. The topological polar surface area (TPSA) is 68.2 Å². The lowest BCUT2D eigenvalue weighted by molar-refractivity contribution is -0.140. The molecule has 0 saturated carbocycles. The number of carbonyl (C=O) groups excluding carboxylic acids is 2. The Kier molecular flexibility index (Phi) is 5.84. The van der Waals surface area contributed by atoms with Crippen LogP contribution in [-0.4, -0.2) is 38.0 Å². The van der Waals surface area contributed by atoms with Crippen molar-refractivity contribution in [2.75, 3.05) is 25.1 Å². The molecule has 0 aliphatic carbocycles. The number of benzene rings is 2. The largest absolute Gasteiger partial charge is 0.464 e. The summed E-state index contributed by atoms with van der Waals surface area (Å²) in [5.41, 5.74) is 2.26. The van der Waals surface area contributed by atoms with Gasteiger partial charge in [-0.1, -0.05) is 18.2 Å². The first-order valence-corrected chi connectivity index (χ1v) is 8.65. The molecule has 0 N–H and O–H groups in total. The van der Waals surface area contributed by atoms with Crippen LogP contribution in [0.25, 0.3) is 6.08 Å². The number of anilines is 1. The second-order valence-electron chi connectivity index (χ2n) is 6.20. The van der Waals surface area contributed by atoms with E-state index in [1.54, 1.807) is 12.1 Å². The van der Waals surface area contributed by atoms with Crippen molar-refractivity contribution in [3.05, 3.63) is 71.2 Å². The van der Waals surface area contributed by atoms with Crippen LogP contribution in [0.5, 0.6) is 0 Å². The van der Waals surface area contributed by atoms with Crippen LogP contribution >= 0.6 is 0 Å². The Bertz CT molecular complexity index is 951. The minimum atomic E-state index is -0.582. The van der Waals surface area contributed by atoms with E-state index in [0.717, 1.165) is 11.3 Å². The minimum Gasteiger partial charge on any atom is -0.464 e. The second-order valence-corrected chi connectivity index (χ2v) is 6.20. The molecule has 1 heterocycles. The Morgan fingerprint density at radius 3 is 2.68 bits per heavy atom. The Labute approximate surface area is 161 Å². The molecule has 2 aromatic carbocycles. The number of hydrogen-bond donors (Lipinski definition) is 0. The van der Waals surface area contributed by atoms with Crippen molar-refractivity contribution in [3.8, 4) is 0 Å². The number of nitrogens with zero attached hydrogens (tertiary/aromatic N) is 2. The molecule has 0 spiro atoms. The highest BCUT2D eigenvalue weighted by Gasteiger charge is 2.24. The van der Waals surface area contributed by atoms with Crippen LogP contribution < -0.4 is 4.90 Å². The van der Waals surface area contributed by atoms with Gasteiger partial charge in [0.25, 0.3) is 0 Å². The number of aliphatic imine (C=N–C) groups is 1. The van der Waals surface area contributed by atoms with E-state index in [1.165, 1.54) is 25.1 Å². The average Bonchev–Trinajstić information content (AvgIpc) is 3.02. The third kappa shape index (κ3) is 4.82. The van der Waals surface area contributed by atoms with E-state index in [-0.39, 0.29) is 17.6 Å². The summed E-state index contributed by atoms with van der Waals surface area (Å²) in [5, 5.41) is 0. The number of likely N-dealkylation sites (N-methyl/N-ethyl adjacent to an activating group) is 1. The number of halogens is 1. The number of ether oxygens (including phenoxy) is 2. The highest BCUT2D eigenvalue weighted by Crippen LogP contribution is 2.21. The summed E-state index contributed by atoms with van der Waals surface area (Å²) in [5.74, 6) is -1.24. The standard InChI is InChI=1S/C21H19FN2O4/c1-14(25)27-11-10-24(2)18-8-6-15(7-9-18)12-19-21(26)28-20(23-19)16-4-3-5-17(22)13-16/h3-9,12-13H,10-11H2,1-2H3/b19-12-. The highest BCUT2D eigenvalue weighted by molar-refractivity contribution is 6.12. The number of carbonyl (C=O) groups is 2. The molecular formula is C21H19FN2O4. The summed E-state index contributed by atoms with van der Waals surface area (Å²) in [6.45, 7) is 2.24. The smallest absolute Gasteiger partial charge is 0.363 e. The molecule has 0 aromatic heterocycles.